The Morgan fingerprint density at radius 3 is 2.90 bits per heavy atom. The molecule has 0 aliphatic rings. The molecule has 4 heteroatoms. The molecule has 1 heterocycles. The third-order valence-electron chi connectivity index (χ3n) is 3.44. The predicted molar refractivity (Wildman–Crippen MR) is 81.3 cm³/mol. The summed E-state index contributed by atoms with van der Waals surface area (Å²) in [6.07, 6.45) is 9.75. The SMILES string of the molecule is CCCCCCC(C)CC(=O)Nc1cnccc1CO. The molecule has 1 atom stereocenters. The molecule has 1 aromatic heterocycles. The summed E-state index contributed by atoms with van der Waals surface area (Å²) >= 11 is 0. The van der Waals surface area contributed by atoms with Crippen LogP contribution < -0.4 is 5.32 Å². The maximum absolute atomic E-state index is 12.0. The number of anilines is 1. The van der Waals surface area contributed by atoms with Gasteiger partial charge in [-0.15, -0.1) is 0 Å². The van der Waals surface area contributed by atoms with Crippen LogP contribution in [0.1, 0.15) is 57.9 Å². The van der Waals surface area contributed by atoms with Gasteiger partial charge in [0, 0.05) is 18.2 Å². The highest BCUT2D eigenvalue weighted by Gasteiger charge is 2.11. The van der Waals surface area contributed by atoms with E-state index < -0.39 is 0 Å². The lowest BCUT2D eigenvalue weighted by molar-refractivity contribution is -0.117. The topological polar surface area (TPSA) is 62.2 Å². The summed E-state index contributed by atoms with van der Waals surface area (Å²) in [6.45, 7) is 4.22. The van der Waals surface area contributed by atoms with E-state index >= 15 is 0 Å². The highest BCUT2D eigenvalue weighted by Crippen LogP contribution is 2.17. The second-order valence-corrected chi connectivity index (χ2v) is 5.40. The minimum absolute atomic E-state index is 0.00399. The number of unbranched alkanes of at least 4 members (excludes halogenated alkanes) is 3. The summed E-state index contributed by atoms with van der Waals surface area (Å²) in [5.74, 6) is 0.386. The second-order valence-electron chi connectivity index (χ2n) is 5.40. The quantitative estimate of drug-likeness (QED) is 0.679. The van der Waals surface area contributed by atoms with Crippen LogP contribution >= 0.6 is 0 Å². The lowest BCUT2D eigenvalue weighted by Crippen LogP contribution is -2.16. The van der Waals surface area contributed by atoms with E-state index in [9.17, 15) is 9.90 Å². The van der Waals surface area contributed by atoms with Crippen molar-refractivity contribution in [3.05, 3.63) is 24.0 Å². The minimum Gasteiger partial charge on any atom is -0.392 e. The zero-order valence-electron chi connectivity index (χ0n) is 12.6. The molecule has 4 nitrogen and oxygen atoms in total. The number of aromatic nitrogens is 1. The van der Waals surface area contributed by atoms with Crippen LogP contribution in [0.25, 0.3) is 0 Å². The van der Waals surface area contributed by atoms with Crippen molar-refractivity contribution in [3.63, 3.8) is 0 Å². The number of aliphatic hydroxyl groups excluding tert-OH is 1. The fourth-order valence-corrected chi connectivity index (χ4v) is 2.21. The number of nitrogens with zero attached hydrogens (tertiary/aromatic N) is 1. The normalized spacial score (nSPS) is 12.2. The van der Waals surface area contributed by atoms with Crippen molar-refractivity contribution in [2.24, 2.45) is 5.92 Å². The molecule has 0 aliphatic carbocycles. The number of nitrogens with one attached hydrogen (secondary N) is 1. The molecule has 1 unspecified atom stereocenters. The van der Waals surface area contributed by atoms with Gasteiger partial charge < -0.3 is 10.4 Å². The standard InChI is InChI=1S/C16H26N2O2/c1-3-4-5-6-7-13(2)10-16(20)18-15-11-17-9-8-14(15)12-19/h8-9,11,13,19H,3-7,10,12H2,1-2H3,(H,18,20). The van der Waals surface area contributed by atoms with Crippen molar-refractivity contribution >= 4 is 11.6 Å². The minimum atomic E-state index is -0.0926. The first-order valence-electron chi connectivity index (χ1n) is 7.51. The Bertz CT molecular complexity index is 407. The Kier molecular flexibility index (Phi) is 7.88. The highest BCUT2D eigenvalue weighted by atomic mass is 16.3. The van der Waals surface area contributed by atoms with Gasteiger partial charge in [-0.3, -0.25) is 9.78 Å². The Balaban J connectivity index is 2.35. The number of carbonyl (C=O) groups is 1. The highest BCUT2D eigenvalue weighted by molar-refractivity contribution is 5.91. The van der Waals surface area contributed by atoms with Crippen LogP contribution in [0.5, 0.6) is 0 Å². The van der Waals surface area contributed by atoms with Crippen molar-refractivity contribution in [3.8, 4) is 0 Å². The Hall–Kier alpha value is -1.42. The van der Waals surface area contributed by atoms with Gasteiger partial charge in [-0.1, -0.05) is 46.0 Å². The second kappa shape index (κ2) is 9.48. The van der Waals surface area contributed by atoms with E-state index in [1.165, 1.54) is 25.7 Å². The van der Waals surface area contributed by atoms with Crippen molar-refractivity contribution in [2.75, 3.05) is 5.32 Å². The first-order chi connectivity index (χ1) is 9.67. The van der Waals surface area contributed by atoms with Crippen molar-refractivity contribution < 1.29 is 9.90 Å². The van der Waals surface area contributed by atoms with E-state index in [2.05, 4.69) is 24.1 Å². The van der Waals surface area contributed by atoms with Gasteiger partial charge in [0.05, 0.1) is 18.5 Å². The average Bonchev–Trinajstić information content (AvgIpc) is 2.44. The molecule has 2 N–H and O–H groups in total. The third kappa shape index (κ3) is 6.15. The zero-order chi connectivity index (χ0) is 14.8. The lowest BCUT2D eigenvalue weighted by atomic mass is 9.99. The molecule has 1 rings (SSSR count). The van der Waals surface area contributed by atoms with Gasteiger partial charge in [0.15, 0.2) is 0 Å². The molecule has 0 saturated carbocycles. The van der Waals surface area contributed by atoms with Crippen LogP contribution in [0.2, 0.25) is 0 Å². The summed E-state index contributed by atoms with van der Waals surface area (Å²) in [5, 5.41) is 12.0. The fourth-order valence-electron chi connectivity index (χ4n) is 2.21. The zero-order valence-corrected chi connectivity index (χ0v) is 12.6. The molecular formula is C16H26N2O2. The molecule has 0 spiro atoms. The Labute approximate surface area is 121 Å². The third-order valence-corrected chi connectivity index (χ3v) is 3.44. The largest absolute Gasteiger partial charge is 0.392 e. The number of hydrogen-bond donors (Lipinski definition) is 2. The monoisotopic (exact) mass is 278 g/mol. The summed E-state index contributed by atoms with van der Waals surface area (Å²) in [4.78, 5) is 15.9. The van der Waals surface area contributed by atoms with Gasteiger partial charge in [-0.2, -0.15) is 0 Å². The van der Waals surface area contributed by atoms with Gasteiger partial charge in [0.1, 0.15) is 0 Å². The van der Waals surface area contributed by atoms with Crippen LogP contribution in [-0.4, -0.2) is 16.0 Å². The number of aliphatic hydroxyl groups is 1. The summed E-state index contributed by atoms with van der Waals surface area (Å²) in [5.41, 5.74) is 1.31. The Morgan fingerprint density at radius 1 is 1.40 bits per heavy atom. The molecule has 0 saturated heterocycles. The summed E-state index contributed by atoms with van der Waals surface area (Å²) < 4.78 is 0. The molecule has 0 aliphatic heterocycles. The molecule has 112 valence electrons. The van der Waals surface area contributed by atoms with Crippen LogP contribution in [0.15, 0.2) is 18.5 Å². The number of amides is 1. The average molecular weight is 278 g/mol. The van der Waals surface area contributed by atoms with E-state index in [1.807, 2.05) is 0 Å². The van der Waals surface area contributed by atoms with E-state index in [4.69, 9.17) is 0 Å². The molecule has 1 aromatic rings. The summed E-state index contributed by atoms with van der Waals surface area (Å²) in [7, 11) is 0. The van der Waals surface area contributed by atoms with Crippen LogP contribution in [0.3, 0.4) is 0 Å². The van der Waals surface area contributed by atoms with E-state index in [0.29, 0.717) is 23.6 Å². The van der Waals surface area contributed by atoms with Gasteiger partial charge in [0.2, 0.25) is 5.91 Å². The number of carbonyl (C=O) groups excluding carboxylic acids is 1. The van der Waals surface area contributed by atoms with Gasteiger partial charge in [-0.25, -0.2) is 0 Å². The number of rotatable bonds is 9. The van der Waals surface area contributed by atoms with Gasteiger partial charge in [0.25, 0.3) is 0 Å². The smallest absolute Gasteiger partial charge is 0.224 e. The van der Waals surface area contributed by atoms with E-state index in [0.717, 1.165) is 6.42 Å². The summed E-state index contributed by atoms with van der Waals surface area (Å²) in [6, 6.07) is 1.71. The van der Waals surface area contributed by atoms with Crippen molar-refractivity contribution in [2.45, 2.75) is 59.0 Å². The van der Waals surface area contributed by atoms with E-state index in [-0.39, 0.29) is 12.5 Å². The molecule has 20 heavy (non-hydrogen) atoms. The molecule has 0 aromatic carbocycles. The lowest BCUT2D eigenvalue weighted by Gasteiger charge is -2.12. The van der Waals surface area contributed by atoms with Crippen molar-refractivity contribution in [1.29, 1.82) is 0 Å². The fraction of sp³-hybridized carbons (Fsp3) is 0.625. The molecule has 0 bridgehead atoms. The predicted octanol–water partition coefficient (Wildman–Crippen LogP) is 3.51. The Morgan fingerprint density at radius 2 is 2.20 bits per heavy atom. The van der Waals surface area contributed by atoms with E-state index in [1.54, 1.807) is 18.5 Å². The maximum atomic E-state index is 12.0. The molecule has 0 fully saturated rings. The van der Waals surface area contributed by atoms with Crippen LogP contribution in [0.4, 0.5) is 5.69 Å². The van der Waals surface area contributed by atoms with Crippen LogP contribution in [-0.2, 0) is 11.4 Å². The number of pyridine rings is 1. The molecular weight excluding hydrogens is 252 g/mol. The first-order valence-corrected chi connectivity index (χ1v) is 7.51. The maximum Gasteiger partial charge on any atom is 0.224 e. The molecule has 0 radical (unpaired) electrons. The van der Waals surface area contributed by atoms with Gasteiger partial charge >= 0.3 is 0 Å². The van der Waals surface area contributed by atoms with Gasteiger partial charge in [-0.05, 0) is 12.0 Å². The van der Waals surface area contributed by atoms with Crippen molar-refractivity contribution in [1.82, 2.24) is 4.98 Å². The molecule has 1 amide bonds. The van der Waals surface area contributed by atoms with Crippen LogP contribution in [0, 0.1) is 5.92 Å². The first kappa shape index (κ1) is 16.6. The number of hydrogen-bond acceptors (Lipinski definition) is 3.